The number of rotatable bonds is 3. The van der Waals surface area contributed by atoms with Crippen molar-refractivity contribution >= 4 is 22.8 Å². The van der Waals surface area contributed by atoms with Crippen molar-refractivity contribution in [3.8, 4) is 5.75 Å². The molecule has 0 saturated heterocycles. The van der Waals surface area contributed by atoms with Gasteiger partial charge in [0, 0.05) is 12.7 Å². The van der Waals surface area contributed by atoms with Gasteiger partial charge in [-0.05, 0) is 39.2 Å². The number of nitrogens with zero attached hydrogens (tertiary/aromatic N) is 4. The molecule has 7 nitrogen and oxygen atoms in total. The molecular weight excluding hydrogens is 330 g/mol. The van der Waals surface area contributed by atoms with Gasteiger partial charge in [-0.2, -0.15) is 0 Å². The molecule has 0 aliphatic carbocycles. The molecule has 0 bridgehead atoms. The molecule has 1 unspecified atom stereocenters. The molecule has 1 N–H and O–H groups in total. The first-order valence-corrected chi connectivity index (χ1v) is 8.56. The third-order valence-electron chi connectivity index (χ3n) is 4.39. The minimum absolute atomic E-state index is 0.0828. The van der Waals surface area contributed by atoms with Crippen molar-refractivity contribution in [2.45, 2.75) is 13.0 Å². The average Bonchev–Trinajstić information content (AvgIpc) is 3.00. The van der Waals surface area contributed by atoms with E-state index in [-0.39, 0.29) is 12.0 Å². The Morgan fingerprint density at radius 1 is 1.35 bits per heavy atom. The number of aryl methyl sites for hydroxylation is 1. The Labute approximate surface area is 151 Å². The molecule has 0 fully saturated rings. The van der Waals surface area contributed by atoms with Crippen LogP contribution in [0.2, 0.25) is 0 Å². The smallest absolute Gasteiger partial charge is 0.260 e. The van der Waals surface area contributed by atoms with Gasteiger partial charge in [0.2, 0.25) is 0 Å². The number of nitrogens with one attached hydrogen (secondary N) is 1. The van der Waals surface area contributed by atoms with Crippen LogP contribution >= 0.6 is 0 Å². The van der Waals surface area contributed by atoms with Crippen LogP contribution in [-0.2, 0) is 0 Å². The Bertz CT molecular complexity index is 965. The second-order valence-corrected chi connectivity index (χ2v) is 6.76. The number of carbonyl (C=O) groups excluding carboxylic acids is 1. The van der Waals surface area contributed by atoms with Crippen LogP contribution in [0.15, 0.2) is 36.5 Å². The number of fused-ring (bicyclic) bond motifs is 2. The highest BCUT2D eigenvalue weighted by Gasteiger charge is 2.31. The molecule has 0 saturated carbocycles. The highest BCUT2D eigenvalue weighted by Crippen LogP contribution is 2.34. The van der Waals surface area contributed by atoms with Crippen LogP contribution in [0, 0.1) is 6.92 Å². The standard InChI is InChI=1S/C19H21N5O2/c1-12-21-17-14(8-9-20-18(17)22-12)19(25)24-11-13(10-23(2)3)26-16-7-5-4-6-15(16)24/h4-9,13H,10-11H2,1-3H3,(H,20,21,22). The summed E-state index contributed by atoms with van der Waals surface area (Å²) < 4.78 is 6.08. The summed E-state index contributed by atoms with van der Waals surface area (Å²) >= 11 is 0. The number of hydrogen-bond donors (Lipinski definition) is 1. The highest BCUT2D eigenvalue weighted by atomic mass is 16.5. The second kappa shape index (κ2) is 6.42. The van der Waals surface area contributed by atoms with Gasteiger partial charge >= 0.3 is 0 Å². The predicted octanol–water partition coefficient (Wildman–Crippen LogP) is 2.24. The quantitative estimate of drug-likeness (QED) is 0.783. The molecule has 0 radical (unpaired) electrons. The van der Waals surface area contributed by atoms with E-state index in [2.05, 4.69) is 19.9 Å². The van der Waals surface area contributed by atoms with Crippen molar-refractivity contribution in [3.05, 3.63) is 47.9 Å². The third-order valence-corrected chi connectivity index (χ3v) is 4.39. The van der Waals surface area contributed by atoms with Crippen molar-refractivity contribution in [3.63, 3.8) is 0 Å². The first kappa shape index (κ1) is 16.5. The fourth-order valence-electron chi connectivity index (χ4n) is 3.34. The van der Waals surface area contributed by atoms with E-state index in [1.165, 1.54) is 0 Å². The van der Waals surface area contributed by atoms with E-state index in [4.69, 9.17) is 4.74 Å². The van der Waals surface area contributed by atoms with Gasteiger partial charge in [-0.15, -0.1) is 0 Å². The number of amides is 1. The molecule has 1 aliphatic rings. The van der Waals surface area contributed by atoms with Crippen molar-refractivity contribution in [2.24, 2.45) is 0 Å². The third kappa shape index (κ3) is 2.90. The topological polar surface area (TPSA) is 74.3 Å². The number of para-hydroxylation sites is 2. The first-order valence-electron chi connectivity index (χ1n) is 8.56. The normalized spacial score (nSPS) is 16.6. The van der Waals surface area contributed by atoms with Gasteiger partial charge in [0.05, 0.1) is 23.3 Å². The fourth-order valence-corrected chi connectivity index (χ4v) is 3.34. The summed E-state index contributed by atoms with van der Waals surface area (Å²) in [6.07, 6.45) is 1.53. The van der Waals surface area contributed by atoms with Crippen LogP contribution < -0.4 is 9.64 Å². The molecule has 134 valence electrons. The minimum Gasteiger partial charge on any atom is -0.485 e. The van der Waals surface area contributed by atoms with E-state index in [0.29, 0.717) is 23.3 Å². The van der Waals surface area contributed by atoms with Gasteiger partial charge in [-0.3, -0.25) is 4.79 Å². The van der Waals surface area contributed by atoms with E-state index < -0.39 is 0 Å². The number of benzene rings is 1. The van der Waals surface area contributed by atoms with Crippen molar-refractivity contribution < 1.29 is 9.53 Å². The first-order chi connectivity index (χ1) is 12.5. The maximum absolute atomic E-state index is 13.4. The van der Waals surface area contributed by atoms with Gasteiger partial charge < -0.3 is 19.5 Å². The molecule has 7 heteroatoms. The Kier molecular flexibility index (Phi) is 4.08. The lowest BCUT2D eigenvalue weighted by atomic mass is 10.1. The summed E-state index contributed by atoms with van der Waals surface area (Å²) in [6.45, 7) is 3.07. The SMILES string of the molecule is Cc1nc2nccc(C(=O)N3CC(CN(C)C)Oc4ccccc43)c2[nH]1. The van der Waals surface area contributed by atoms with Gasteiger partial charge in [0.25, 0.3) is 5.91 Å². The van der Waals surface area contributed by atoms with E-state index in [9.17, 15) is 4.79 Å². The van der Waals surface area contributed by atoms with Gasteiger partial charge in [-0.25, -0.2) is 9.97 Å². The van der Waals surface area contributed by atoms with Gasteiger partial charge in [0.15, 0.2) is 5.65 Å². The molecule has 26 heavy (non-hydrogen) atoms. The van der Waals surface area contributed by atoms with Crippen LogP contribution in [0.3, 0.4) is 0 Å². The Balaban J connectivity index is 1.76. The van der Waals surface area contributed by atoms with Crippen molar-refractivity contribution in [2.75, 3.05) is 32.1 Å². The molecule has 1 aliphatic heterocycles. The summed E-state index contributed by atoms with van der Waals surface area (Å²) in [4.78, 5) is 29.0. The van der Waals surface area contributed by atoms with E-state index in [1.807, 2.05) is 45.3 Å². The molecule has 3 aromatic rings. The summed E-state index contributed by atoms with van der Waals surface area (Å²) in [5, 5.41) is 0. The largest absolute Gasteiger partial charge is 0.485 e. The van der Waals surface area contributed by atoms with Gasteiger partial charge in [0.1, 0.15) is 17.7 Å². The lowest BCUT2D eigenvalue weighted by Gasteiger charge is -2.36. The fraction of sp³-hybridized carbons (Fsp3) is 0.316. The number of hydrogen-bond acceptors (Lipinski definition) is 5. The Hall–Kier alpha value is -2.93. The number of ether oxygens (including phenoxy) is 1. The lowest BCUT2D eigenvalue weighted by Crippen LogP contribution is -2.47. The summed E-state index contributed by atoms with van der Waals surface area (Å²) in [6, 6.07) is 9.39. The molecule has 3 heterocycles. The van der Waals surface area contributed by atoms with E-state index in [0.717, 1.165) is 23.8 Å². The molecule has 1 amide bonds. The van der Waals surface area contributed by atoms with Crippen LogP contribution in [0.25, 0.3) is 11.2 Å². The molecule has 1 aromatic carbocycles. The van der Waals surface area contributed by atoms with Crippen LogP contribution in [0.1, 0.15) is 16.2 Å². The number of pyridine rings is 1. The minimum atomic E-state index is -0.0929. The summed E-state index contributed by atoms with van der Waals surface area (Å²) in [5.74, 6) is 1.38. The van der Waals surface area contributed by atoms with Gasteiger partial charge in [-0.1, -0.05) is 12.1 Å². The molecule has 2 aromatic heterocycles. The summed E-state index contributed by atoms with van der Waals surface area (Å²) in [7, 11) is 3.99. The van der Waals surface area contributed by atoms with E-state index in [1.54, 1.807) is 17.2 Å². The van der Waals surface area contributed by atoms with Crippen LogP contribution in [0.5, 0.6) is 5.75 Å². The number of H-pyrrole nitrogens is 1. The lowest BCUT2D eigenvalue weighted by molar-refractivity contribution is 0.0942. The predicted molar refractivity (Wildman–Crippen MR) is 99.7 cm³/mol. The van der Waals surface area contributed by atoms with Crippen molar-refractivity contribution in [1.82, 2.24) is 19.9 Å². The number of aromatic amines is 1. The van der Waals surface area contributed by atoms with Crippen LogP contribution in [-0.4, -0.2) is 59.0 Å². The number of aromatic nitrogens is 3. The van der Waals surface area contributed by atoms with Crippen molar-refractivity contribution in [1.29, 1.82) is 0 Å². The Morgan fingerprint density at radius 3 is 2.96 bits per heavy atom. The van der Waals surface area contributed by atoms with Crippen LogP contribution in [0.4, 0.5) is 5.69 Å². The number of imidazole rings is 1. The molecular formula is C19H21N5O2. The number of likely N-dealkylation sites (N-methyl/N-ethyl adjacent to an activating group) is 1. The average molecular weight is 351 g/mol. The highest BCUT2D eigenvalue weighted by molar-refractivity contribution is 6.13. The Morgan fingerprint density at radius 2 is 2.15 bits per heavy atom. The summed E-state index contributed by atoms with van der Waals surface area (Å²) in [5.41, 5.74) is 2.58. The molecule has 1 atom stereocenters. The number of carbonyl (C=O) groups is 1. The zero-order chi connectivity index (χ0) is 18.3. The zero-order valence-corrected chi connectivity index (χ0v) is 15.1. The maximum atomic E-state index is 13.4. The zero-order valence-electron chi connectivity index (χ0n) is 15.1. The monoisotopic (exact) mass is 351 g/mol. The second-order valence-electron chi connectivity index (χ2n) is 6.76. The maximum Gasteiger partial charge on any atom is 0.260 e. The number of anilines is 1. The molecule has 0 spiro atoms. The molecule has 4 rings (SSSR count). The van der Waals surface area contributed by atoms with E-state index >= 15 is 0 Å².